The molecule has 1 N–H and O–H groups in total. The molecular formula is C23H24F2N2O2S. The van der Waals surface area contributed by atoms with Gasteiger partial charge >= 0.3 is 0 Å². The minimum Gasteiger partial charge on any atom is -0.489 e. The molecule has 1 fully saturated rings. The van der Waals surface area contributed by atoms with Gasteiger partial charge in [0.05, 0.1) is 10.4 Å². The van der Waals surface area contributed by atoms with Crippen molar-refractivity contribution < 1.29 is 18.3 Å². The zero-order valence-electron chi connectivity index (χ0n) is 16.7. The summed E-state index contributed by atoms with van der Waals surface area (Å²) in [5, 5.41) is 3.49. The van der Waals surface area contributed by atoms with Crippen LogP contribution in [0.1, 0.15) is 40.1 Å². The second kappa shape index (κ2) is 9.10. The molecule has 0 saturated carbocycles. The molecule has 2 aromatic carbocycles. The summed E-state index contributed by atoms with van der Waals surface area (Å²) in [4.78, 5) is 15.0. The van der Waals surface area contributed by atoms with Crippen LogP contribution < -0.4 is 10.1 Å². The molecule has 158 valence electrons. The van der Waals surface area contributed by atoms with Gasteiger partial charge in [-0.1, -0.05) is 30.3 Å². The van der Waals surface area contributed by atoms with Gasteiger partial charge in [-0.2, -0.15) is 0 Å². The van der Waals surface area contributed by atoms with Gasteiger partial charge in [0.1, 0.15) is 12.4 Å². The van der Waals surface area contributed by atoms with E-state index < -0.39 is 12.3 Å². The summed E-state index contributed by atoms with van der Waals surface area (Å²) in [6.07, 6.45) is -1.06. The molecule has 1 aliphatic rings. The van der Waals surface area contributed by atoms with E-state index in [1.54, 1.807) is 18.2 Å². The van der Waals surface area contributed by atoms with Crippen LogP contribution in [-0.4, -0.2) is 37.0 Å². The predicted octanol–water partition coefficient (Wildman–Crippen LogP) is 5.24. The topological polar surface area (TPSA) is 41.6 Å². The SMILES string of the molecule is CN1CCC(NC(=O)c2c(C(F)F)sc3ccc(OCc4ccccc4)cc23)CC1. The first-order valence-electron chi connectivity index (χ1n) is 10.0. The zero-order valence-corrected chi connectivity index (χ0v) is 17.6. The normalized spacial score (nSPS) is 15.6. The van der Waals surface area contributed by atoms with Gasteiger partial charge in [0.2, 0.25) is 0 Å². The number of nitrogens with one attached hydrogen (secondary N) is 1. The number of carbonyl (C=O) groups excluding carboxylic acids is 1. The zero-order chi connectivity index (χ0) is 21.1. The Balaban J connectivity index is 1.59. The fraction of sp³-hybridized carbons (Fsp3) is 0.348. The van der Waals surface area contributed by atoms with Crippen molar-refractivity contribution in [3.63, 3.8) is 0 Å². The number of halogens is 2. The van der Waals surface area contributed by atoms with Crippen LogP contribution in [0.2, 0.25) is 0 Å². The van der Waals surface area contributed by atoms with Gasteiger partial charge in [0.15, 0.2) is 0 Å². The molecule has 4 nitrogen and oxygen atoms in total. The smallest absolute Gasteiger partial charge is 0.273 e. The highest BCUT2D eigenvalue weighted by molar-refractivity contribution is 7.19. The Morgan fingerprint density at radius 2 is 1.93 bits per heavy atom. The van der Waals surface area contributed by atoms with Crippen LogP contribution >= 0.6 is 11.3 Å². The van der Waals surface area contributed by atoms with Gasteiger partial charge in [0, 0.05) is 16.1 Å². The summed E-state index contributed by atoms with van der Waals surface area (Å²) in [6.45, 7) is 2.14. The fourth-order valence-corrected chi connectivity index (χ4v) is 4.76. The molecule has 0 spiro atoms. The van der Waals surface area contributed by atoms with Gasteiger partial charge in [-0.3, -0.25) is 4.79 Å². The van der Waals surface area contributed by atoms with Crippen molar-refractivity contribution >= 4 is 27.3 Å². The Hall–Kier alpha value is -2.51. The van der Waals surface area contributed by atoms with Crippen LogP contribution in [0.15, 0.2) is 48.5 Å². The maximum atomic E-state index is 13.7. The van der Waals surface area contributed by atoms with Crippen LogP contribution in [0.5, 0.6) is 5.75 Å². The molecule has 1 aromatic heterocycles. The van der Waals surface area contributed by atoms with Crippen molar-refractivity contribution in [2.45, 2.75) is 31.9 Å². The molecule has 2 heterocycles. The van der Waals surface area contributed by atoms with Crippen LogP contribution in [0, 0.1) is 0 Å². The van der Waals surface area contributed by atoms with E-state index in [-0.39, 0.29) is 16.5 Å². The number of hydrogen-bond donors (Lipinski definition) is 1. The molecular weight excluding hydrogens is 406 g/mol. The number of hydrogen-bond acceptors (Lipinski definition) is 4. The first kappa shape index (κ1) is 20.8. The van der Waals surface area contributed by atoms with Crippen molar-refractivity contribution in [1.82, 2.24) is 10.2 Å². The Labute approximate surface area is 178 Å². The number of alkyl halides is 2. The lowest BCUT2D eigenvalue weighted by Crippen LogP contribution is -2.43. The first-order valence-corrected chi connectivity index (χ1v) is 10.8. The first-order chi connectivity index (χ1) is 14.5. The van der Waals surface area contributed by atoms with E-state index in [2.05, 4.69) is 10.2 Å². The molecule has 1 aliphatic heterocycles. The van der Waals surface area contributed by atoms with Gasteiger partial charge in [-0.05, 0) is 56.7 Å². The van der Waals surface area contributed by atoms with Crippen molar-refractivity contribution in [2.24, 2.45) is 0 Å². The van der Waals surface area contributed by atoms with E-state index in [4.69, 9.17) is 4.74 Å². The lowest BCUT2D eigenvalue weighted by molar-refractivity contribution is 0.0908. The average molecular weight is 431 g/mol. The number of fused-ring (bicyclic) bond motifs is 1. The van der Waals surface area contributed by atoms with Crippen LogP contribution in [-0.2, 0) is 6.61 Å². The maximum absolute atomic E-state index is 13.7. The number of rotatable bonds is 6. The second-order valence-electron chi connectivity index (χ2n) is 7.63. The molecule has 0 aliphatic carbocycles. The number of thiophene rings is 1. The van der Waals surface area contributed by atoms with E-state index in [0.29, 0.717) is 22.4 Å². The second-order valence-corrected chi connectivity index (χ2v) is 8.71. The average Bonchev–Trinajstić information content (AvgIpc) is 3.14. The molecule has 0 unspecified atom stereocenters. The summed E-state index contributed by atoms with van der Waals surface area (Å²) < 4.78 is 33.9. The summed E-state index contributed by atoms with van der Waals surface area (Å²) in [6, 6.07) is 14.9. The van der Waals surface area contributed by atoms with E-state index in [1.807, 2.05) is 37.4 Å². The molecule has 30 heavy (non-hydrogen) atoms. The Kier molecular flexibility index (Phi) is 6.29. The minimum absolute atomic E-state index is 0.00619. The summed E-state index contributed by atoms with van der Waals surface area (Å²) in [5.74, 6) is 0.129. The Morgan fingerprint density at radius 3 is 2.63 bits per heavy atom. The standard InChI is InChI=1S/C23H24F2N2O2S/c1-27-11-9-16(10-12-27)26-23(28)20-18-13-17(29-14-15-5-3-2-4-6-15)7-8-19(18)30-21(20)22(24)25/h2-8,13,16,22H,9-12,14H2,1H3,(H,26,28). The summed E-state index contributed by atoms with van der Waals surface area (Å²) in [5.41, 5.74) is 1.09. The van der Waals surface area contributed by atoms with Gasteiger partial charge < -0.3 is 15.0 Å². The maximum Gasteiger partial charge on any atom is 0.273 e. The molecule has 0 bridgehead atoms. The Morgan fingerprint density at radius 1 is 1.20 bits per heavy atom. The van der Waals surface area contributed by atoms with E-state index in [1.165, 1.54) is 0 Å². The monoisotopic (exact) mass is 430 g/mol. The quantitative estimate of drug-likeness (QED) is 0.581. The summed E-state index contributed by atoms with van der Waals surface area (Å²) in [7, 11) is 2.04. The van der Waals surface area contributed by atoms with E-state index in [0.717, 1.165) is 42.8 Å². The number of piperidine rings is 1. The third-order valence-corrected chi connectivity index (χ3v) is 6.59. The number of ether oxygens (including phenoxy) is 1. The molecule has 1 saturated heterocycles. The third kappa shape index (κ3) is 4.63. The van der Waals surface area contributed by atoms with Crippen LogP contribution in [0.3, 0.4) is 0 Å². The van der Waals surface area contributed by atoms with Crippen molar-refractivity contribution in [3.05, 3.63) is 64.5 Å². The summed E-state index contributed by atoms with van der Waals surface area (Å²) >= 11 is 0.971. The molecule has 0 atom stereocenters. The molecule has 4 rings (SSSR count). The highest BCUT2D eigenvalue weighted by Gasteiger charge is 2.27. The molecule has 7 heteroatoms. The third-order valence-electron chi connectivity index (χ3n) is 5.41. The Bertz CT molecular complexity index is 1010. The molecule has 3 aromatic rings. The van der Waals surface area contributed by atoms with Crippen LogP contribution in [0.25, 0.3) is 10.1 Å². The number of amides is 1. The number of nitrogens with zero attached hydrogens (tertiary/aromatic N) is 1. The molecule has 0 radical (unpaired) electrons. The number of likely N-dealkylation sites (tertiary alicyclic amines) is 1. The minimum atomic E-state index is -2.70. The largest absolute Gasteiger partial charge is 0.489 e. The lowest BCUT2D eigenvalue weighted by atomic mass is 10.0. The highest BCUT2D eigenvalue weighted by atomic mass is 32.1. The molecule has 1 amide bonds. The van der Waals surface area contributed by atoms with Crippen molar-refractivity contribution in [3.8, 4) is 5.75 Å². The van der Waals surface area contributed by atoms with Gasteiger partial charge in [0.25, 0.3) is 12.3 Å². The number of carbonyl (C=O) groups is 1. The van der Waals surface area contributed by atoms with E-state index in [9.17, 15) is 13.6 Å². The lowest BCUT2D eigenvalue weighted by Gasteiger charge is -2.29. The van der Waals surface area contributed by atoms with Crippen molar-refractivity contribution in [2.75, 3.05) is 20.1 Å². The predicted molar refractivity (Wildman–Crippen MR) is 116 cm³/mol. The van der Waals surface area contributed by atoms with Crippen molar-refractivity contribution in [1.29, 1.82) is 0 Å². The van der Waals surface area contributed by atoms with Crippen LogP contribution in [0.4, 0.5) is 8.78 Å². The van der Waals surface area contributed by atoms with Gasteiger partial charge in [-0.25, -0.2) is 8.78 Å². The fourth-order valence-electron chi connectivity index (χ4n) is 3.72. The number of benzene rings is 2. The highest BCUT2D eigenvalue weighted by Crippen LogP contribution is 2.39. The van der Waals surface area contributed by atoms with E-state index >= 15 is 0 Å². The van der Waals surface area contributed by atoms with Gasteiger partial charge in [-0.15, -0.1) is 11.3 Å².